The van der Waals surface area contributed by atoms with Crippen molar-refractivity contribution in [2.45, 2.75) is 71.4 Å². The highest BCUT2D eigenvalue weighted by atomic mass is 16.5. The van der Waals surface area contributed by atoms with Crippen molar-refractivity contribution in [3.63, 3.8) is 0 Å². The van der Waals surface area contributed by atoms with Crippen molar-refractivity contribution in [2.75, 3.05) is 19.0 Å². The number of nitrogens with zero attached hydrogens (tertiary/aromatic N) is 2. The number of anilines is 1. The molecule has 0 amide bonds. The highest BCUT2D eigenvalue weighted by molar-refractivity contribution is 5.30. The second-order valence-corrected chi connectivity index (χ2v) is 6.30. The smallest absolute Gasteiger partial charge is 0.203 e. The van der Waals surface area contributed by atoms with Crippen molar-refractivity contribution in [1.82, 2.24) is 9.55 Å². The Balaban J connectivity index is 1.98. The molecule has 1 aromatic rings. The van der Waals surface area contributed by atoms with Crippen molar-refractivity contribution >= 4 is 5.95 Å². The van der Waals surface area contributed by atoms with E-state index in [9.17, 15) is 0 Å². The highest BCUT2D eigenvalue weighted by Gasteiger charge is 2.23. The minimum absolute atomic E-state index is 0.563. The Bertz CT molecular complexity index is 410. The monoisotopic (exact) mass is 293 g/mol. The van der Waals surface area contributed by atoms with Crippen LogP contribution in [0.5, 0.6) is 0 Å². The summed E-state index contributed by atoms with van der Waals surface area (Å²) in [6.45, 7) is 6.13. The van der Waals surface area contributed by atoms with Crippen molar-refractivity contribution in [3.05, 3.63) is 11.9 Å². The average Bonchev–Trinajstić information content (AvgIpc) is 2.86. The molecule has 4 heteroatoms. The van der Waals surface area contributed by atoms with Crippen LogP contribution >= 0.6 is 0 Å². The standard InChI is InChI=1S/C17H31N3O/c1-4-16(15-9-6-5-7-10-15)19-17-18-14(2)13-20(17)11-8-12-21-3/h13,15-16H,4-12H2,1-3H3,(H,18,19). The Morgan fingerprint density at radius 3 is 2.81 bits per heavy atom. The molecule has 0 bridgehead atoms. The van der Waals surface area contributed by atoms with Gasteiger partial charge in [0.05, 0.1) is 5.69 Å². The zero-order valence-electron chi connectivity index (χ0n) is 13.9. The molecule has 1 fully saturated rings. The zero-order chi connectivity index (χ0) is 15.1. The maximum Gasteiger partial charge on any atom is 0.203 e. The zero-order valence-corrected chi connectivity index (χ0v) is 13.9. The second-order valence-electron chi connectivity index (χ2n) is 6.30. The van der Waals surface area contributed by atoms with Crippen molar-refractivity contribution < 1.29 is 4.74 Å². The molecule has 0 saturated heterocycles. The molecule has 4 nitrogen and oxygen atoms in total. The van der Waals surface area contributed by atoms with Gasteiger partial charge in [-0.2, -0.15) is 0 Å². The topological polar surface area (TPSA) is 39.1 Å². The number of aromatic nitrogens is 2. The van der Waals surface area contributed by atoms with Crippen LogP contribution in [0.4, 0.5) is 5.95 Å². The molecule has 1 unspecified atom stereocenters. The third kappa shape index (κ3) is 4.73. The minimum atomic E-state index is 0.563. The predicted molar refractivity (Wildman–Crippen MR) is 87.7 cm³/mol. The molecule has 1 atom stereocenters. The van der Waals surface area contributed by atoms with E-state index in [0.29, 0.717) is 6.04 Å². The van der Waals surface area contributed by atoms with Crippen LogP contribution in [-0.4, -0.2) is 29.3 Å². The van der Waals surface area contributed by atoms with Gasteiger partial charge in [0.25, 0.3) is 0 Å². The van der Waals surface area contributed by atoms with Gasteiger partial charge in [0.1, 0.15) is 0 Å². The molecule has 1 aliphatic rings. The Morgan fingerprint density at radius 2 is 2.14 bits per heavy atom. The summed E-state index contributed by atoms with van der Waals surface area (Å²) < 4.78 is 7.40. The van der Waals surface area contributed by atoms with Gasteiger partial charge in [-0.1, -0.05) is 26.2 Å². The molecule has 2 rings (SSSR count). The Kier molecular flexibility index (Phi) is 6.55. The van der Waals surface area contributed by atoms with Crippen LogP contribution in [-0.2, 0) is 11.3 Å². The molecule has 120 valence electrons. The summed E-state index contributed by atoms with van der Waals surface area (Å²) >= 11 is 0. The Hall–Kier alpha value is -1.03. The third-order valence-electron chi connectivity index (χ3n) is 4.62. The minimum Gasteiger partial charge on any atom is -0.385 e. The summed E-state index contributed by atoms with van der Waals surface area (Å²) in [5.74, 6) is 1.86. The molecule has 1 saturated carbocycles. The van der Waals surface area contributed by atoms with Crippen LogP contribution in [0.25, 0.3) is 0 Å². The van der Waals surface area contributed by atoms with Gasteiger partial charge < -0.3 is 14.6 Å². The van der Waals surface area contributed by atoms with Crippen molar-refractivity contribution in [2.24, 2.45) is 5.92 Å². The largest absolute Gasteiger partial charge is 0.385 e. The predicted octanol–water partition coefficient (Wildman–Crippen LogP) is 4.00. The Morgan fingerprint density at radius 1 is 1.38 bits per heavy atom. The number of methoxy groups -OCH3 is 1. The summed E-state index contributed by atoms with van der Waals surface area (Å²) in [5, 5.41) is 3.73. The van der Waals surface area contributed by atoms with E-state index in [2.05, 4.69) is 34.9 Å². The number of nitrogens with one attached hydrogen (secondary N) is 1. The van der Waals surface area contributed by atoms with E-state index in [1.54, 1.807) is 7.11 Å². The van der Waals surface area contributed by atoms with Gasteiger partial charge in [0.2, 0.25) is 5.95 Å². The number of rotatable bonds is 8. The second kappa shape index (κ2) is 8.42. The fourth-order valence-corrected chi connectivity index (χ4v) is 3.47. The van der Waals surface area contributed by atoms with Crippen LogP contribution in [0, 0.1) is 12.8 Å². The molecule has 21 heavy (non-hydrogen) atoms. The van der Waals surface area contributed by atoms with E-state index < -0.39 is 0 Å². The number of aryl methyl sites for hydroxylation is 2. The molecule has 1 aromatic heterocycles. The van der Waals surface area contributed by atoms with Crippen LogP contribution < -0.4 is 5.32 Å². The number of imidazole rings is 1. The lowest BCUT2D eigenvalue weighted by atomic mass is 9.83. The average molecular weight is 293 g/mol. The first-order valence-electron chi connectivity index (χ1n) is 8.53. The summed E-state index contributed by atoms with van der Waals surface area (Å²) in [4.78, 5) is 4.68. The lowest BCUT2D eigenvalue weighted by Crippen LogP contribution is -2.31. The number of ether oxygens (including phenoxy) is 1. The van der Waals surface area contributed by atoms with E-state index in [-0.39, 0.29) is 0 Å². The van der Waals surface area contributed by atoms with Gasteiger partial charge in [-0.15, -0.1) is 0 Å². The van der Waals surface area contributed by atoms with Crippen LogP contribution in [0.1, 0.15) is 57.6 Å². The maximum absolute atomic E-state index is 5.15. The fourth-order valence-electron chi connectivity index (χ4n) is 3.47. The summed E-state index contributed by atoms with van der Waals surface area (Å²) in [6, 6.07) is 0.563. The molecular formula is C17H31N3O. The third-order valence-corrected chi connectivity index (χ3v) is 4.62. The molecule has 0 aliphatic heterocycles. The number of hydrogen-bond acceptors (Lipinski definition) is 3. The van der Waals surface area contributed by atoms with E-state index in [0.717, 1.165) is 37.1 Å². The first-order chi connectivity index (χ1) is 10.2. The first-order valence-corrected chi connectivity index (χ1v) is 8.53. The molecule has 0 aromatic carbocycles. The highest BCUT2D eigenvalue weighted by Crippen LogP contribution is 2.29. The SMILES string of the molecule is CCC(Nc1nc(C)cn1CCCOC)C1CCCCC1. The van der Waals surface area contributed by atoms with Gasteiger partial charge in [-0.25, -0.2) is 4.98 Å². The van der Waals surface area contributed by atoms with Gasteiger partial charge in [-0.05, 0) is 38.5 Å². The fraction of sp³-hybridized carbons (Fsp3) is 0.824. The lowest BCUT2D eigenvalue weighted by molar-refractivity contribution is 0.190. The maximum atomic E-state index is 5.15. The van der Waals surface area contributed by atoms with E-state index in [4.69, 9.17) is 4.74 Å². The van der Waals surface area contributed by atoms with Crippen molar-refractivity contribution in [1.29, 1.82) is 0 Å². The number of hydrogen-bond donors (Lipinski definition) is 1. The van der Waals surface area contributed by atoms with Crippen molar-refractivity contribution in [3.8, 4) is 0 Å². The summed E-state index contributed by atoms with van der Waals surface area (Å²) in [5.41, 5.74) is 1.09. The van der Waals surface area contributed by atoms with Gasteiger partial charge in [0, 0.05) is 32.5 Å². The van der Waals surface area contributed by atoms with Crippen LogP contribution in [0.2, 0.25) is 0 Å². The summed E-state index contributed by atoms with van der Waals surface area (Å²) in [7, 11) is 1.76. The van der Waals surface area contributed by atoms with E-state index in [1.165, 1.54) is 38.5 Å². The van der Waals surface area contributed by atoms with Gasteiger partial charge >= 0.3 is 0 Å². The van der Waals surface area contributed by atoms with E-state index in [1.807, 2.05) is 0 Å². The van der Waals surface area contributed by atoms with Gasteiger partial charge in [-0.3, -0.25) is 0 Å². The quantitative estimate of drug-likeness (QED) is 0.736. The van der Waals surface area contributed by atoms with Crippen LogP contribution in [0.15, 0.2) is 6.20 Å². The Labute approximate surface area is 129 Å². The first kappa shape index (κ1) is 16.3. The van der Waals surface area contributed by atoms with Gasteiger partial charge in [0.15, 0.2) is 0 Å². The normalized spacial score (nSPS) is 17.9. The molecule has 1 N–H and O–H groups in total. The lowest BCUT2D eigenvalue weighted by Gasteiger charge is -2.30. The van der Waals surface area contributed by atoms with Crippen LogP contribution in [0.3, 0.4) is 0 Å². The summed E-state index contributed by atoms with van der Waals surface area (Å²) in [6.07, 6.45) is 11.3. The van der Waals surface area contributed by atoms with E-state index >= 15 is 0 Å². The molecule has 0 radical (unpaired) electrons. The molecular weight excluding hydrogens is 262 g/mol. The molecule has 1 heterocycles. The molecule has 1 aliphatic carbocycles. The molecule has 0 spiro atoms.